The highest BCUT2D eigenvalue weighted by molar-refractivity contribution is 7.88. The average molecular weight is 379 g/mol. The van der Waals surface area contributed by atoms with Crippen LogP contribution in [0.1, 0.15) is 17.7 Å². The third kappa shape index (κ3) is 6.53. The molecule has 1 aromatic heterocycles. The summed E-state index contributed by atoms with van der Waals surface area (Å²) in [6, 6.07) is 11.6. The second-order valence-electron chi connectivity index (χ2n) is 5.85. The van der Waals surface area contributed by atoms with Gasteiger partial charge in [0.2, 0.25) is 15.9 Å². The molecule has 1 N–H and O–H groups in total. The lowest BCUT2D eigenvalue weighted by molar-refractivity contribution is -0.121. The van der Waals surface area contributed by atoms with Crippen LogP contribution in [0.3, 0.4) is 0 Å². The predicted molar refractivity (Wildman–Crippen MR) is 97.2 cm³/mol. The molecule has 2 aromatic rings. The molecule has 0 unspecified atom stereocenters. The molecule has 1 amide bonds. The monoisotopic (exact) mass is 379 g/mol. The highest BCUT2D eigenvalue weighted by atomic mass is 32.2. The Balaban J connectivity index is 1.85. The molecule has 0 aliphatic heterocycles. The Labute approximate surface area is 153 Å². The van der Waals surface area contributed by atoms with Crippen LogP contribution >= 0.6 is 0 Å². The summed E-state index contributed by atoms with van der Waals surface area (Å²) in [6.07, 6.45) is 2.99. The maximum absolute atomic E-state index is 13.7. The fourth-order valence-corrected chi connectivity index (χ4v) is 3.24. The summed E-state index contributed by atoms with van der Waals surface area (Å²) < 4.78 is 38.7. The smallest absolute Gasteiger partial charge is 0.221 e. The molecule has 0 bridgehead atoms. The standard InChI is InChI=1S/C18H22FN3O3S/c1-26(24,25)22(12-9-15-6-2-3-8-17(15)19)13-10-18(23)21-14-16-7-4-5-11-20-16/h2-8,11H,9-10,12-14H2,1H3,(H,21,23). The van der Waals surface area contributed by atoms with Crippen LogP contribution in [0.5, 0.6) is 0 Å². The Hall–Kier alpha value is -2.32. The first-order chi connectivity index (χ1) is 12.4. The van der Waals surface area contributed by atoms with Gasteiger partial charge in [0.15, 0.2) is 0 Å². The average Bonchev–Trinajstić information content (AvgIpc) is 2.61. The van der Waals surface area contributed by atoms with Crippen LogP contribution in [-0.4, -0.2) is 43.0 Å². The van der Waals surface area contributed by atoms with Gasteiger partial charge in [-0.05, 0) is 30.2 Å². The summed E-state index contributed by atoms with van der Waals surface area (Å²) >= 11 is 0. The molecule has 1 aromatic carbocycles. The molecule has 0 spiro atoms. The van der Waals surface area contributed by atoms with E-state index in [0.29, 0.717) is 5.56 Å². The number of nitrogens with zero attached hydrogens (tertiary/aromatic N) is 2. The molecule has 2 rings (SSSR count). The zero-order valence-corrected chi connectivity index (χ0v) is 15.4. The van der Waals surface area contributed by atoms with Crippen LogP contribution in [0.2, 0.25) is 0 Å². The quantitative estimate of drug-likeness (QED) is 0.720. The van der Waals surface area contributed by atoms with E-state index in [1.807, 2.05) is 6.07 Å². The number of amides is 1. The molecule has 0 fully saturated rings. The largest absolute Gasteiger partial charge is 0.350 e. The fraction of sp³-hybridized carbons (Fsp3) is 0.333. The van der Waals surface area contributed by atoms with E-state index in [4.69, 9.17) is 0 Å². The first-order valence-corrected chi connectivity index (χ1v) is 10.1. The van der Waals surface area contributed by atoms with E-state index in [2.05, 4.69) is 10.3 Å². The van der Waals surface area contributed by atoms with Gasteiger partial charge in [-0.15, -0.1) is 0 Å². The maximum Gasteiger partial charge on any atom is 0.221 e. The Morgan fingerprint density at radius 3 is 2.54 bits per heavy atom. The molecule has 26 heavy (non-hydrogen) atoms. The van der Waals surface area contributed by atoms with Crippen LogP contribution in [0.4, 0.5) is 4.39 Å². The minimum absolute atomic E-state index is 0.0250. The third-order valence-electron chi connectivity index (χ3n) is 3.84. The number of pyridine rings is 1. The molecule has 0 aliphatic rings. The van der Waals surface area contributed by atoms with E-state index < -0.39 is 10.0 Å². The topological polar surface area (TPSA) is 79.4 Å². The number of halogens is 1. The molecule has 0 atom stereocenters. The van der Waals surface area contributed by atoms with E-state index in [1.165, 1.54) is 10.4 Å². The Morgan fingerprint density at radius 2 is 1.88 bits per heavy atom. The lowest BCUT2D eigenvalue weighted by Gasteiger charge is -2.19. The third-order valence-corrected chi connectivity index (χ3v) is 5.14. The first kappa shape index (κ1) is 20.0. The molecule has 0 saturated heterocycles. The van der Waals surface area contributed by atoms with E-state index >= 15 is 0 Å². The van der Waals surface area contributed by atoms with Crippen LogP contribution in [0.25, 0.3) is 0 Å². The van der Waals surface area contributed by atoms with Gasteiger partial charge in [-0.3, -0.25) is 9.78 Å². The number of benzene rings is 1. The minimum Gasteiger partial charge on any atom is -0.350 e. The zero-order chi connectivity index (χ0) is 19.0. The van der Waals surface area contributed by atoms with Gasteiger partial charge in [-0.1, -0.05) is 24.3 Å². The molecular formula is C18H22FN3O3S. The van der Waals surface area contributed by atoms with Crippen molar-refractivity contribution < 1.29 is 17.6 Å². The lowest BCUT2D eigenvalue weighted by Crippen LogP contribution is -2.36. The van der Waals surface area contributed by atoms with Crippen molar-refractivity contribution in [3.63, 3.8) is 0 Å². The molecule has 8 heteroatoms. The van der Waals surface area contributed by atoms with Crippen molar-refractivity contribution in [1.82, 2.24) is 14.6 Å². The van der Waals surface area contributed by atoms with Crippen molar-refractivity contribution in [2.45, 2.75) is 19.4 Å². The normalized spacial score (nSPS) is 11.5. The van der Waals surface area contributed by atoms with Gasteiger partial charge in [0, 0.05) is 25.7 Å². The molecular weight excluding hydrogens is 357 g/mol. The number of carbonyl (C=O) groups excluding carboxylic acids is 1. The van der Waals surface area contributed by atoms with Gasteiger partial charge < -0.3 is 5.32 Å². The SMILES string of the molecule is CS(=O)(=O)N(CCC(=O)NCc1ccccn1)CCc1ccccc1F. The van der Waals surface area contributed by atoms with Gasteiger partial charge in [0.25, 0.3) is 0 Å². The number of carbonyl (C=O) groups is 1. The second-order valence-corrected chi connectivity index (χ2v) is 7.83. The Morgan fingerprint density at radius 1 is 1.15 bits per heavy atom. The van der Waals surface area contributed by atoms with E-state index in [9.17, 15) is 17.6 Å². The summed E-state index contributed by atoms with van der Waals surface area (Å²) in [7, 11) is -3.49. The van der Waals surface area contributed by atoms with E-state index in [1.54, 1.807) is 36.5 Å². The highest BCUT2D eigenvalue weighted by Gasteiger charge is 2.18. The van der Waals surface area contributed by atoms with Gasteiger partial charge in [0.05, 0.1) is 18.5 Å². The van der Waals surface area contributed by atoms with Crippen LogP contribution in [0, 0.1) is 5.82 Å². The van der Waals surface area contributed by atoms with E-state index in [-0.39, 0.29) is 44.2 Å². The Kier molecular flexibility index (Phi) is 7.23. The zero-order valence-electron chi connectivity index (χ0n) is 14.6. The number of sulfonamides is 1. The molecule has 0 radical (unpaired) electrons. The van der Waals surface area contributed by atoms with Crippen molar-refractivity contribution in [3.8, 4) is 0 Å². The van der Waals surface area contributed by atoms with Crippen molar-refractivity contribution in [1.29, 1.82) is 0 Å². The summed E-state index contributed by atoms with van der Waals surface area (Å²) in [4.78, 5) is 16.1. The second kappa shape index (κ2) is 9.40. The highest BCUT2D eigenvalue weighted by Crippen LogP contribution is 2.10. The van der Waals surface area contributed by atoms with Crippen molar-refractivity contribution in [2.24, 2.45) is 0 Å². The van der Waals surface area contributed by atoms with Gasteiger partial charge in [-0.2, -0.15) is 0 Å². The first-order valence-electron chi connectivity index (χ1n) is 8.21. The van der Waals surface area contributed by atoms with Crippen molar-refractivity contribution in [3.05, 3.63) is 65.7 Å². The molecule has 1 heterocycles. The minimum atomic E-state index is -3.49. The maximum atomic E-state index is 13.7. The predicted octanol–water partition coefficient (Wildman–Crippen LogP) is 1.73. The van der Waals surface area contributed by atoms with Crippen LogP contribution in [-0.2, 0) is 27.8 Å². The molecule has 0 aliphatic carbocycles. The van der Waals surface area contributed by atoms with Gasteiger partial charge in [-0.25, -0.2) is 17.1 Å². The number of hydrogen-bond donors (Lipinski definition) is 1. The summed E-state index contributed by atoms with van der Waals surface area (Å²) in [5, 5.41) is 2.71. The summed E-state index contributed by atoms with van der Waals surface area (Å²) in [5.74, 6) is -0.635. The van der Waals surface area contributed by atoms with Gasteiger partial charge in [0.1, 0.15) is 5.82 Å². The molecule has 6 nitrogen and oxygen atoms in total. The Bertz CT molecular complexity index is 829. The number of hydrogen-bond acceptors (Lipinski definition) is 4. The lowest BCUT2D eigenvalue weighted by atomic mass is 10.1. The van der Waals surface area contributed by atoms with Crippen molar-refractivity contribution >= 4 is 15.9 Å². The van der Waals surface area contributed by atoms with Crippen LogP contribution < -0.4 is 5.32 Å². The number of aromatic nitrogens is 1. The number of rotatable bonds is 9. The van der Waals surface area contributed by atoms with Gasteiger partial charge >= 0.3 is 0 Å². The summed E-state index contributed by atoms with van der Waals surface area (Å²) in [5.41, 5.74) is 1.17. The fourth-order valence-electron chi connectivity index (χ4n) is 2.40. The molecule has 0 saturated carbocycles. The van der Waals surface area contributed by atoms with Crippen molar-refractivity contribution in [2.75, 3.05) is 19.3 Å². The summed E-state index contributed by atoms with van der Waals surface area (Å²) in [6.45, 7) is 0.447. The number of nitrogens with one attached hydrogen (secondary N) is 1. The van der Waals surface area contributed by atoms with E-state index in [0.717, 1.165) is 11.9 Å². The van der Waals surface area contributed by atoms with Crippen LogP contribution in [0.15, 0.2) is 48.7 Å². The molecule has 140 valence electrons.